The van der Waals surface area contributed by atoms with Gasteiger partial charge in [0.05, 0.1) is 12.3 Å². The Morgan fingerprint density at radius 1 is 1.41 bits per heavy atom. The van der Waals surface area contributed by atoms with Gasteiger partial charge >= 0.3 is 0 Å². The molecule has 1 nitrogen and oxygen atoms in total. The van der Waals surface area contributed by atoms with Crippen LogP contribution in [0.3, 0.4) is 0 Å². The van der Waals surface area contributed by atoms with E-state index >= 15 is 0 Å². The van der Waals surface area contributed by atoms with Gasteiger partial charge in [0.15, 0.2) is 0 Å². The molecular formula is C15H23NS. The summed E-state index contributed by atoms with van der Waals surface area (Å²) >= 11 is 5.34. The molecule has 17 heavy (non-hydrogen) atoms. The first-order valence-electron chi connectivity index (χ1n) is 6.12. The largest absolute Gasteiger partial charge is 0.279 e. The van der Waals surface area contributed by atoms with Crippen LogP contribution < -0.4 is 0 Å². The highest BCUT2D eigenvalue weighted by atomic mass is 32.1. The van der Waals surface area contributed by atoms with E-state index in [1.54, 1.807) is 6.08 Å². The van der Waals surface area contributed by atoms with E-state index in [-0.39, 0.29) is 0 Å². The van der Waals surface area contributed by atoms with Crippen molar-refractivity contribution in [2.45, 2.75) is 33.6 Å². The van der Waals surface area contributed by atoms with Gasteiger partial charge in [0, 0.05) is 4.86 Å². The number of hydrogen-bond donors (Lipinski definition) is 0. The molecule has 0 aromatic rings. The van der Waals surface area contributed by atoms with Gasteiger partial charge < -0.3 is 0 Å². The van der Waals surface area contributed by atoms with Gasteiger partial charge in [-0.25, -0.2) is 0 Å². The lowest BCUT2D eigenvalue weighted by Crippen LogP contribution is -2.12. The average Bonchev–Trinajstić information content (AvgIpc) is 2.36. The van der Waals surface area contributed by atoms with Crippen LogP contribution in [0.25, 0.3) is 0 Å². The molecule has 0 N–H and O–H groups in total. The van der Waals surface area contributed by atoms with Crippen molar-refractivity contribution in [3.8, 4) is 0 Å². The Morgan fingerprint density at radius 3 is 2.53 bits per heavy atom. The molecule has 0 radical (unpaired) electrons. The molecule has 0 spiro atoms. The van der Waals surface area contributed by atoms with Crippen molar-refractivity contribution in [2.24, 2.45) is 10.9 Å². The van der Waals surface area contributed by atoms with E-state index in [1.165, 1.54) is 0 Å². The molecule has 0 aromatic heterocycles. The van der Waals surface area contributed by atoms with Crippen molar-refractivity contribution in [3.63, 3.8) is 0 Å². The standard InChI is InChI=1S/C15H23NS/c1-6-9-10-14(12(4)7-2)16-11-15(17)13(5)8-3/h7,9-10,13H,2,4,6,8,11H2,1,3,5H3. The molecule has 0 aliphatic rings. The molecule has 0 bridgehead atoms. The van der Waals surface area contributed by atoms with Crippen molar-refractivity contribution in [1.29, 1.82) is 0 Å². The zero-order valence-corrected chi connectivity index (χ0v) is 12.0. The number of hydrogen-bond acceptors (Lipinski definition) is 2. The van der Waals surface area contributed by atoms with Crippen LogP contribution in [0.2, 0.25) is 0 Å². The lowest BCUT2D eigenvalue weighted by molar-refractivity contribution is 0.741. The third kappa shape index (κ3) is 6.32. The first kappa shape index (κ1) is 16.0. The molecule has 0 heterocycles. The minimum absolute atomic E-state index is 0.446. The lowest BCUT2D eigenvalue weighted by atomic mass is 10.1. The summed E-state index contributed by atoms with van der Waals surface area (Å²) in [5, 5.41) is 0. The summed E-state index contributed by atoms with van der Waals surface area (Å²) in [5.41, 5.74) is 1.73. The van der Waals surface area contributed by atoms with Crippen LogP contribution in [0.5, 0.6) is 0 Å². The first-order valence-corrected chi connectivity index (χ1v) is 6.52. The second kappa shape index (κ2) is 9.06. The molecule has 0 fully saturated rings. The van der Waals surface area contributed by atoms with Crippen molar-refractivity contribution in [3.05, 3.63) is 37.0 Å². The van der Waals surface area contributed by atoms with Gasteiger partial charge in [0.2, 0.25) is 0 Å². The maximum atomic E-state index is 5.34. The fraction of sp³-hybridized carbons (Fsp3) is 0.467. The highest BCUT2D eigenvalue weighted by Gasteiger charge is 2.05. The van der Waals surface area contributed by atoms with Crippen LogP contribution >= 0.6 is 12.2 Å². The summed E-state index contributed by atoms with van der Waals surface area (Å²) in [6, 6.07) is 0. The number of thiocarbonyl (C=S) groups is 1. The highest BCUT2D eigenvalue weighted by molar-refractivity contribution is 7.80. The van der Waals surface area contributed by atoms with Gasteiger partial charge in [-0.3, -0.25) is 4.99 Å². The van der Waals surface area contributed by atoms with Crippen molar-refractivity contribution < 1.29 is 0 Å². The van der Waals surface area contributed by atoms with E-state index < -0.39 is 0 Å². The number of nitrogens with zero attached hydrogens (tertiary/aromatic N) is 1. The smallest absolute Gasteiger partial charge is 0.0712 e. The van der Waals surface area contributed by atoms with E-state index in [9.17, 15) is 0 Å². The van der Waals surface area contributed by atoms with Gasteiger partial charge in [-0.2, -0.15) is 0 Å². The van der Waals surface area contributed by atoms with E-state index in [2.05, 4.69) is 45.0 Å². The molecule has 0 aromatic carbocycles. The predicted octanol–water partition coefficient (Wildman–Crippen LogP) is 4.55. The molecule has 0 rings (SSSR count). The average molecular weight is 249 g/mol. The lowest BCUT2D eigenvalue weighted by Gasteiger charge is -2.08. The Hall–Kier alpha value is -1.02. The fourth-order valence-electron chi connectivity index (χ4n) is 1.14. The van der Waals surface area contributed by atoms with Crippen molar-refractivity contribution in [1.82, 2.24) is 0 Å². The molecule has 94 valence electrons. The normalized spacial score (nSPS) is 13.7. The number of rotatable bonds is 8. The number of allylic oxidation sites excluding steroid dienone is 4. The highest BCUT2D eigenvalue weighted by Crippen LogP contribution is 2.06. The Kier molecular flexibility index (Phi) is 8.51. The van der Waals surface area contributed by atoms with Crippen LogP contribution in [0, 0.1) is 5.92 Å². The maximum Gasteiger partial charge on any atom is 0.0712 e. The van der Waals surface area contributed by atoms with Crippen LogP contribution in [0.4, 0.5) is 0 Å². The van der Waals surface area contributed by atoms with E-state index in [0.29, 0.717) is 12.5 Å². The quantitative estimate of drug-likeness (QED) is 0.349. The molecule has 1 atom stereocenters. The van der Waals surface area contributed by atoms with E-state index in [0.717, 1.165) is 29.0 Å². The molecule has 1 unspecified atom stereocenters. The maximum absolute atomic E-state index is 5.34. The van der Waals surface area contributed by atoms with E-state index in [4.69, 9.17) is 12.2 Å². The van der Waals surface area contributed by atoms with Gasteiger partial charge in [-0.15, -0.1) is 0 Å². The summed E-state index contributed by atoms with van der Waals surface area (Å²) in [7, 11) is 0. The van der Waals surface area contributed by atoms with Crippen LogP contribution in [-0.2, 0) is 0 Å². The Morgan fingerprint density at radius 2 is 2.06 bits per heavy atom. The minimum atomic E-state index is 0.446. The summed E-state index contributed by atoms with van der Waals surface area (Å²) in [6.45, 7) is 14.6. The van der Waals surface area contributed by atoms with Gasteiger partial charge in [-0.05, 0) is 30.4 Å². The third-order valence-corrected chi connectivity index (χ3v) is 3.19. The molecule has 0 saturated carbocycles. The molecule has 0 aliphatic heterocycles. The third-order valence-electron chi connectivity index (χ3n) is 2.65. The molecular weight excluding hydrogens is 226 g/mol. The van der Waals surface area contributed by atoms with Gasteiger partial charge in [0.25, 0.3) is 0 Å². The molecule has 0 amide bonds. The molecule has 0 saturated heterocycles. The summed E-state index contributed by atoms with van der Waals surface area (Å²) in [6.07, 6.45) is 7.84. The number of aliphatic imine (C=N–C) groups is 1. The fourth-order valence-corrected chi connectivity index (χ4v) is 1.37. The Balaban J connectivity index is 4.70. The molecule has 0 aliphatic carbocycles. The van der Waals surface area contributed by atoms with Crippen LogP contribution in [-0.4, -0.2) is 17.1 Å². The van der Waals surface area contributed by atoms with Crippen LogP contribution in [0.15, 0.2) is 42.0 Å². The second-order valence-electron chi connectivity index (χ2n) is 4.02. The SMILES string of the molecule is C=CC(=C)C(C=CCC)=NCC(=S)C(C)CC. The van der Waals surface area contributed by atoms with Crippen molar-refractivity contribution in [2.75, 3.05) is 6.54 Å². The zero-order valence-electron chi connectivity index (χ0n) is 11.2. The van der Waals surface area contributed by atoms with E-state index in [1.807, 2.05) is 6.08 Å². The van der Waals surface area contributed by atoms with Crippen LogP contribution in [0.1, 0.15) is 33.6 Å². The van der Waals surface area contributed by atoms with Gasteiger partial charge in [-0.1, -0.05) is 58.3 Å². The summed E-state index contributed by atoms with van der Waals surface area (Å²) in [4.78, 5) is 5.53. The van der Waals surface area contributed by atoms with Crippen molar-refractivity contribution >= 4 is 22.8 Å². The monoisotopic (exact) mass is 249 g/mol. The topological polar surface area (TPSA) is 12.4 Å². The Labute approximate surface area is 111 Å². The predicted molar refractivity (Wildman–Crippen MR) is 83.1 cm³/mol. The first-order chi connectivity index (χ1) is 8.06. The minimum Gasteiger partial charge on any atom is -0.279 e. The zero-order chi connectivity index (χ0) is 13.3. The summed E-state index contributed by atoms with van der Waals surface area (Å²) < 4.78 is 0. The summed E-state index contributed by atoms with van der Waals surface area (Å²) in [5.74, 6) is 0.446. The molecule has 2 heteroatoms. The Bertz CT molecular complexity index is 337. The second-order valence-corrected chi connectivity index (χ2v) is 4.54. The van der Waals surface area contributed by atoms with Gasteiger partial charge in [0.1, 0.15) is 0 Å².